The summed E-state index contributed by atoms with van der Waals surface area (Å²) in [5.74, 6) is 0. The Morgan fingerprint density at radius 2 is 1.53 bits per heavy atom. The van der Waals surface area contributed by atoms with E-state index >= 15 is 0 Å². The molecular formula is C12H15F3N2. The number of alkyl halides is 3. The number of para-hydroxylation sites is 1. The molecule has 0 amide bonds. The van der Waals surface area contributed by atoms with Crippen molar-refractivity contribution in [3.05, 3.63) is 30.3 Å². The van der Waals surface area contributed by atoms with E-state index in [-0.39, 0.29) is 0 Å². The SMILES string of the molecule is FC(F)(F)CN1CCN(c2ccccc2)CC1. The molecule has 0 spiro atoms. The smallest absolute Gasteiger partial charge is 0.369 e. The molecule has 2 nitrogen and oxygen atoms in total. The van der Waals surface area contributed by atoms with Crippen molar-refractivity contribution in [3.8, 4) is 0 Å². The lowest BCUT2D eigenvalue weighted by molar-refractivity contribution is -0.146. The van der Waals surface area contributed by atoms with Crippen LogP contribution < -0.4 is 4.90 Å². The van der Waals surface area contributed by atoms with Crippen LogP contribution >= 0.6 is 0 Å². The summed E-state index contributed by atoms with van der Waals surface area (Å²) in [4.78, 5) is 3.58. The monoisotopic (exact) mass is 244 g/mol. The molecular weight excluding hydrogens is 229 g/mol. The van der Waals surface area contributed by atoms with Gasteiger partial charge in [0.2, 0.25) is 0 Å². The third-order valence-electron chi connectivity index (χ3n) is 2.90. The van der Waals surface area contributed by atoms with E-state index in [1.165, 1.54) is 4.90 Å². The number of halogens is 3. The summed E-state index contributed by atoms with van der Waals surface area (Å²) in [6.07, 6.45) is -4.09. The maximum atomic E-state index is 12.2. The number of hydrogen-bond donors (Lipinski definition) is 0. The van der Waals surface area contributed by atoms with Gasteiger partial charge in [-0.15, -0.1) is 0 Å². The first-order valence-electron chi connectivity index (χ1n) is 5.64. The Morgan fingerprint density at radius 3 is 2.06 bits per heavy atom. The second-order valence-electron chi connectivity index (χ2n) is 4.21. The van der Waals surface area contributed by atoms with Crippen LogP contribution in [-0.2, 0) is 0 Å². The molecule has 0 atom stereocenters. The standard InChI is InChI=1S/C12H15F3N2/c13-12(14,15)10-16-6-8-17(9-7-16)11-4-2-1-3-5-11/h1-5H,6-10H2. The van der Waals surface area contributed by atoms with Crippen molar-refractivity contribution in [1.82, 2.24) is 4.90 Å². The first kappa shape index (κ1) is 12.2. The second kappa shape index (κ2) is 4.96. The van der Waals surface area contributed by atoms with Crippen molar-refractivity contribution in [2.24, 2.45) is 0 Å². The zero-order valence-corrected chi connectivity index (χ0v) is 9.45. The van der Waals surface area contributed by atoms with Gasteiger partial charge in [0.25, 0.3) is 0 Å². The molecule has 2 rings (SSSR count). The maximum absolute atomic E-state index is 12.2. The van der Waals surface area contributed by atoms with Gasteiger partial charge in [0.05, 0.1) is 6.54 Å². The Balaban J connectivity index is 1.86. The van der Waals surface area contributed by atoms with Crippen molar-refractivity contribution in [2.75, 3.05) is 37.6 Å². The zero-order chi connectivity index (χ0) is 12.3. The molecule has 0 unspecified atom stereocenters. The van der Waals surface area contributed by atoms with Crippen molar-refractivity contribution in [3.63, 3.8) is 0 Å². The average Bonchev–Trinajstić information content (AvgIpc) is 2.29. The van der Waals surface area contributed by atoms with Crippen LogP contribution in [0.3, 0.4) is 0 Å². The van der Waals surface area contributed by atoms with Crippen LogP contribution in [0.5, 0.6) is 0 Å². The van der Waals surface area contributed by atoms with Crippen LogP contribution in [0, 0.1) is 0 Å². The molecule has 1 aliphatic rings. The van der Waals surface area contributed by atoms with Gasteiger partial charge in [-0.05, 0) is 12.1 Å². The number of hydrogen-bond acceptors (Lipinski definition) is 2. The molecule has 17 heavy (non-hydrogen) atoms. The molecule has 1 aromatic rings. The van der Waals surface area contributed by atoms with Crippen LogP contribution in [0.25, 0.3) is 0 Å². The minimum atomic E-state index is -4.09. The third-order valence-corrected chi connectivity index (χ3v) is 2.90. The first-order valence-corrected chi connectivity index (χ1v) is 5.64. The Hall–Kier alpha value is -1.23. The molecule has 1 heterocycles. The van der Waals surface area contributed by atoms with Crippen molar-refractivity contribution < 1.29 is 13.2 Å². The zero-order valence-electron chi connectivity index (χ0n) is 9.45. The highest BCUT2D eigenvalue weighted by molar-refractivity contribution is 5.46. The first-order chi connectivity index (χ1) is 8.04. The number of rotatable bonds is 2. The van der Waals surface area contributed by atoms with E-state index in [1.807, 2.05) is 30.3 Å². The fourth-order valence-corrected chi connectivity index (χ4v) is 2.06. The highest BCUT2D eigenvalue weighted by Crippen LogP contribution is 2.19. The van der Waals surface area contributed by atoms with E-state index in [0.717, 1.165) is 5.69 Å². The van der Waals surface area contributed by atoms with Crippen LogP contribution in [0.2, 0.25) is 0 Å². The van der Waals surface area contributed by atoms with Crippen LogP contribution in [0.1, 0.15) is 0 Å². The van der Waals surface area contributed by atoms with Gasteiger partial charge in [-0.1, -0.05) is 18.2 Å². The van der Waals surface area contributed by atoms with E-state index in [9.17, 15) is 13.2 Å². The average molecular weight is 244 g/mol. The molecule has 0 saturated carbocycles. The minimum Gasteiger partial charge on any atom is -0.369 e. The number of anilines is 1. The number of piperazine rings is 1. The lowest BCUT2D eigenvalue weighted by Gasteiger charge is -2.36. The molecule has 1 fully saturated rings. The van der Waals surface area contributed by atoms with Gasteiger partial charge in [-0.3, -0.25) is 4.90 Å². The topological polar surface area (TPSA) is 6.48 Å². The normalized spacial score (nSPS) is 18.4. The molecule has 1 aromatic carbocycles. The van der Waals surface area contributed by atoms with E-state index < -0.39 is 12.7 Å². The second-order valence-corrected chi connectivity index (χ2v) is 4.21. The molecule has 1 aliphatic heterocycles. The molecule has 5 heteroatoms. The van der Waals surface area contributed by atoms with Crippen molar-refractivity contribution in [1.29, 1.82) is 0 Å². The summed E-state index contributed by atoms with van der Waals surface area (Å²) < 4.78 is 36.6. The summed E-state index contributed by atoms with van der Waals surface area (Å²) in [7, 11) is 0. The van der Waals surface area contributed by atoms with Crippen LogP contribution in [-0.4, -0.2) is 43.8 Å². The van der Waals surface area contributed by atoms with Crippen molar-refractivity contribution in [2.45, 2.75) is 6.18 Å². The summed E-state index contributed by atoms with van der Waals surface area (Å²) in [6.45, 7) is 1.44. The van der Waals surface area contributed by atoms with E-state index in [2.05, 4.69) is 4.90 Å². The maximum Gasteiger partial charge on any atom is 0.401 e. The van der Waals surface area contributed by atoms with Crippen LogP contribution in [0.4, 0.5) is 18.9 Å². The summed E-state index contributed by atoms with van der Waals surface area (Å²) in [6, 6.07) is 9.79. The van der Waals surface area contributed by atoms with E-state index in [0.29, 0.717) is 26.2 Å². The van der Waals surface area contributed by atoms with E-state index in [4.69, 9.17) is 0 Å². The Morgan fingerprint density at radius 1 is 0.941 bits per heavy atom. The van der Waals surface area contributed by atoms with Gasteiger partial charge in [0, 0.05) is 31.9 Å². The van der Waals surface area contributed by atoms with Crippen molar-refractivity contribution >= 4 is 5.69 Å². The highest BCUT2D eigenvalue weighted by Gasteiger charge is 2.32. The Kier molecular flexibility index (Phi) is 3.57. The molecule has 0 aliphatic carbocycles. The predicted molar refractivity (Wildman–Crippen MR) is 61.2 cm³/mol. The Bertz CT molecular complexity index is 343. The molecule has 0 bridgehead atoms. The Labute approximate surface area is 98.6 Å². The van der Waals surface area contributed by atoms with Gasteiger partial charge in [0.1, 0.15) is 0 Å². The lowest BCUT2D eigenvalue weighted by atomic mass is 10.2. The van der Waals surface area contributed by atoms with Gasteiger partial charge in [0.15, 0.2) is 0 Å². The number of benzene rings is 1. The van der Waals surface area contributed by atoms with Crippen LogP contribution in [0.15, 0.2) is 30.3 Å². The fraction of sp³-hybridized carbons (Fsp3) is 0.500. The summed E-state index contributed by atoms with van der Waals surface area (Å²) in [5, 5.41) is 0. The minimum absolute atomic E-state index is 0.467. The summed E-state index contributed by atoms with van der Waals surface area (Å²) >= 11 is 0. The lowest BCUT2D eigenvalue weighted by Crippen LogP contribution is -2.49. The predicted octanol–water partition coefficient (Wildman–Crippen LogP) is 2.37. The molecule has 1 saturated heterocycles. The van der Waals surface area contributed by atoms with Gasteiger partial charge < -0.3 is 4.90 Å². The molecule has 0 aromatic heterocycles. The molecule has 0 radical (unpaired) electrons. The molecule has 94 valence electrons. The van der Waals surface area contributed by atoms with E-state index in [1.54, 1.807) is 0 Å². The quantitative estimate of drug-likeness (QED) is 0.788. The fourth-order valence-electron chi connectivity index (χ4n) is 2.06. The van der Waals surface area contributed by atoms with Gasteiger partial charge in [-0.25, -0.2) is 0 Å². The third kappa shape index (κ3) is 3.63. The van der Waals surface area contributed by atoms with Gasteiger partial charge in [-0.2, -0.15) is 13.2 Å². The summed E-state index contributed by atoms with van der Waals surface area (Å²) in [5.41, 5.74) is 1.08. The number of nitrogens with zero attached hydrogens (tertiary/aromatic N) is 2. The van der Waals surface area contributed by atoms with Gasteiger partial charge >= 0.3 is 6.18 Å². The molecule has 0 N–H and O–H groups in total. The largest absolute Gasteiger partial charge is 0.401 e. The highest BCUT2D eigenvalue weighted by atomic mass is 19.4.